The fourth-order valence-corrected chi connectivity index (χ4v) is 2.36. The number of anilines is 1. The Morgan fingerprint density at radius 2 is 2.05 bits per heavy atom. The lowest BCUT2D eigenvalue weighted by atomic mass is 10.2. The van der Waals surface area contributed by atoms with Gasteiger partial charge in [0.05, 0.1) is 11.3 Å². The molecule has 0 aromatic heterocycles. The third kappa shape index (κ3) is 2.90. The minimum Gasteiger partial charge on any atom is -0.482 e. The first kappa shape index (κ1) is 13.6. The molecule has 5 nitrogen and oxygen atoms in total. The second-order valence-electron chi connectivity index (χ2n) is 4.36. The third-order valence-electron chi connectivity index (χ3n) is 2.89. The van der Waals surface area contributed by atoms with Crippen LogP contribution >= 0.6 is 15.9 Å². The minimum atomic E-state index is -0.481. The quantitative estimate of drug-likeness (QED) is 0.669. The normalized spacial score (nSPS) is 12.9. The highest BCUT2D eigenvalue weighted by atomic mass is 79.9. The Balaban J connectivity index is 1.82. The van der Waals surface area contributed by atoms with E-state index in [1.165, 1.54) is 0 Å². The summed E-state index contributed by atoms with van der Waals surface area (Å²) in [4.78, 5) is 23.4. The zero-order chi connectivity index (χ0) is 14.8. The van der Waals surface area contributed by atoms with E-state index in [4.69, 9.17) is 9.47 Å². The van der Waals surface area contributed by atoms with Gasteiger partial charge in [-0.05, 0) is 40.2 Å². The average Bonchev–Trinajstić information content (AvgIpc) is 2.47. The molecule has 0 unspecified atom stereocenters. The Labute approximate surface area is 129 Å². The van der Waals surface area contributed by atoms with Gasteiger partial charge >= 0.3 is 5.97 Å². The largest absolute Gasteiger partial charge is 0.482 e. The number of fused-ring (bicyclic) bond motifs is 1. The molecule has 3 rings (SSSR count). The molecule has 0 fully saturated rings. The molecule has 2 aromatic carbocycles. The number of carbonyl (C=O) groups excluding carboxylic acids is 2. The average molecular weight is 348 g/mol. The van der Waals surface area contributed by atoms with Crippen molar-refractivity contribution in [1.29, 1.82) is 0 Å². The van der Waals surface area contributed by atoms with Gasteiger partial charge in [-0.2, -0.15) is 0 Å². The van der Waals surface area contributed by atoms with Crippen molar-refractivity contribution in [2.24, 2.45) is 0 Å². The van der Waals surface area contributed by atoms with Crippen LogP contribution in [0.3, 0.4) is 0 Å². The van der Waals surface area contributed by atoms with Crippen LogP contribution in [-0.4, -0.2) is 18.5 Å². The van der Waals surface area contributed by atoms with Crippen molar-refractivity contribution in [2.45, 2.75) is 0 Å². The van der Waals surface area contributed by atoms with Gasteiger partial charge in [0.2, 0.25) is 0 Å². The zero-order valence-corrected chi connectivity index (χ0v) is 12.3. The van der Waals surface area contributed by atoms with Crippen molar-refractivity contribution in [1.82, 2.24) is 0 Å². The molecule has 21 heavy (non-hydrogen) atoms. The van der Waals surface area contributed by atoms with Crippen molar-refractivity contribution in [3.63, 3.8) is 0 Å². The highest BCUT2D eigenvalue weighted by Crippen LogP contribution is 2.32. The molecule has 1 aliphatic heterocycles. The van der Waals surface area contributed by atoms with Crippen molar-refractivity contribution in [2.75, 3.05) is 11.9 Å². The second-order valence-corrected chi connectivity index (χ2v) is 5.22. The van der Waals surface area contributed by atoms with Gasteiger partial charge < -0.3 is 14.8 Å². The Morgan fingerprint density at radius 3 is 2.86 bits per heavy atom. The smallest absolute Gasteiger partial charge is 0.344 e. The van der Waals surface area contributed by atoms with Crippen LogP contribution in [0, 0.1) is 0 Å². The number of benzene rings is 2. The molecule has 0 spiro atoms. The second kappa shape index (κ2) is 5.57. The maximum Gasteiger partial charge on any atom is 0.344 e. The van der Waals surface area contributed by atoms with Gasteiger partial charge in [0, 0.05) is 10.5 Å². The van der Waals surface area contributed by atoms with Gasteiger partial charge in [0.1, 0.15) is 11.5 Å². The van der Waals surface area contributed by atoms with Gasteiger partial charge in [0.15, 0.2) is 6.61 Å². The monoisotopic (exact) mass is 347 g/mol. The molecule has 0 radical (unpaired) electrons. The summed E-state index contributed by atoms with van der Waals surface area (Å²) < 4.78 is 11.2. The maximum atomic E-state index is 12.1. The number of ether oxygens (including phenoxy) is 2. The first-order valence-corrected chi connectivity index (χ1v) is 6.96. The number of rotatable bonds is 2. The Kier molecular flexibility index (Phi) is 3.62. The van der Waals surface area contributed by atoms with Crippen LogP contribution in [0.1, 0.15) is 10.4 Å². The van der Waals surface area contributed by atoms with E-state index in [-0.39, 0.29) is 12.5 Å². The number of esters is 1. The highest BCUT2D eigenvalue weighted by Gasteiger charge is 2.18. The Hall–Kier alpha value is -2.34. The molecule has 0 atom stereocenters. The number of hydrogen-bond acceptors (Lipinski definition) is 4. The Bertz CT molecular complexity index is 729. The summed E-state index contributed by atoms with van der Waals surface area (Å²) in [5.74, 6) is 0.165. The molecule has 0 bridgehead atoms. The lowest BCUT2D eigenvalue weighted by Gasteiger charge is -2.18. The molecule has 0 saturated heterocycles. The number of halogens is 1. The predicted molar refractivity (Wildman–Crippen MR) is 79.7 cm³/mol. The fourth-order valence-electron chi connectivity index (χ4n) is 1.91. The van der Waals surface area contributed by atoms with Crippen LogP contribution < -0.4 is 14.8 Å². The molecule has 0 saturated carbocycles. The third-order valence-corrected chi connectivity index (χ3v) is 3.58. The zero-order valence-electron chi connectivity index (χ0n) is 10.8. The molecular weight excluding hydrogens is 338 g/mol. The summed E-state index contributed by atoms with van der Waals surface area (Å²) >= 11 is 3.30. The van der Waals surface area contributed by atoms with Crippen LogP contribution in [0.5, 0.6) is 11.5 Å². The molecule has 6 heteroatoms. The number of nitrogens with one attached hydrogen (secondary N) is 1. The number of hydrogen-bond donors (Lipinski definition) is 1. The highest BCUT2D eigenvalue weighted by molar-refractivity contribution is 9.10. The summed E-state index contributed by atoms with van der Waals surface area (Å²) in [6.07, 6.45) is 0. The van der Waals surface area contributed by atoms with E-state index in [0.29, 0.717) is 27.2 Å². The first-order valence-electron chi connectivity index (χ1n) is 6.17. The van der Waals surface area contributed by atoms with E-state index < -0.39 is 5.97 Å². The molecule has 2 aromatic rings. The lowest BCUT2D eigenvalue weighted by molar-refractivity contribution is -0.118. The topological polar surface area (TPSA) is 64.6 Å². The molecule has 1 heterocycles. The van der Waals surface area contributed by atoms with Crippen LogP contribution in [0.15, 0.2) is 46.9 Å². The van der Waals surface area contributed by atoms with Crippen molar-refractivity contribution >= 4 is 33.5 Å². The first-order chi connectivity index (χ1) is 10.1. The summed E-state index contributed by atoms with van der Waals surface area (Å²) in [6.45, 7) is -0.0108. The van der Waals surface area contributed by atoms with Crippen LogP contribution in [0.25, 0.3) is 0 Å². The number of amides is 1. The maximum absolute atomic E-state index is 12.1. The molecule has 0 aliphatic carbocycles. The standard InChI is InChI=1S/C15H10BrNO4/c16-11-4-2-1-3-10(11)15(19)21-9-5-6-13-12(7-9)17-14(18)8-20-13/h1-7H,8H2,(H,17,18). The molecule has 1 amide bonds. The van der Waals surface area contributed by atoms with Gasteiger partial charge in [-0.3, -0.25) is 4.79 Å². The summed E-state index contributed by atoms with van der Waals surface area (Å²) in [7, 11) is 0. The van der Waals surface area contributed by atoms with E-state index in [1.807, 2.05) is 6.07 Å². The van der Waals surface area contributed by atoms with E-state index in [9.17, 15) is 9.59 Å². The predicted octanol–water partition coefficient (Wildman–Crippen LogP) is 3.00. The van der Waals surface area contributed by atoms with E-state index >= 15 is 0 Å². The summed E-state index contributed by atoms with van der Waals surface area (Å²) in [5.41, 5.74) is 0.916. The van der Waals surface area contributed by atoms with Gasteiger partial charge in [0.25, 0.3) is 5.91 Å². The van der Waals surface area contributed by atoms with Crippen LogP contribution in [0.2, 0.25) is 0 Å². The van der Waals surface area contributed by atoms with Crippen LogP contribution in [0.4, 0.5) is 5.69 Å². The SMILES string of the molecule is O=C1COc2ccc(OC(=O)c3ccccc3Br)cc2N1. The molecular formula is C15H10BrNO4. The minimum absolute atomic E-state index is 0.0108. The lowest BCUT2D eigenvalue weighted by Crippen LogP contribution is -2.25. The Morgan fingerprint density at radius 1 is 1.24 bits per heavy atom. The van der Waals surface area contributed by atoms with Crippen molar-refractivity contribution in [3.8, 4) is 11.5 Å². The summed E-state index contributed by atoms with van der Waals surface area (Å²) in [6, 6.07) is 11.8. The molecule has 1 N–H and O–H groups in total. The van der Waals surface area contributed by atoms with Gasteiger partial charge in [-0.15, -0.1) is 0 Å². The number of carbonyl (C=O) groups is 2. The molecule has 1 aliphatic rings. The molecule has 106 valence electrons. The fraction of sp³-hybridized carbons (Fsp3) is 0.0667. The van der Waals surface area contributed by atoms with Crippen LogP contribution in [-0.2, 0) is 4.79 Å². The van der Waals surface area contributed by atoms with Gasteiger partial charge in [-0.25, -0.2) is 4.79 Å². The summed E-state index contributed by atoms with van der Waals surface area (Å²) in [5, 5.41) is 2.66. The van der Waals surface area contributed by atoms with Crippen molar-refractivity contribution in [3.05, 3.63) is 52.5 Å². The van der Waals surface area contributed by atoms with Gasteiger partial charge in [-0.1, -0.05) is 12.1 Å². The van der Waals surface area contributed by atoms with E-state index in [1.54, 1.807) is 36.4 Å². The van der Waals surface area contributed by atoms with E-state index in [2.05, 4.69) is 21.2 Å². The van der Waals surface area contributed by atoms with E-state index in [0.717, 1.165) is 0 Å². The van der Waals surface area contributed by atoms with Crippen molar-refractivity contribution < 1.29 is 19.1 Å².